The van der Waals surface area contributed by atoms with Gasteiger partial charge in [0.05, 0.1) is 25.3 Å². The molecule has 5 heteroatoms. The number of rotatable bonds is 6. The summed E-state index contributed by atoms with van der Waals surface area (Å²) < 4.78 is 12.9. The zero-order chi connectivity index (χ0) is 16.2. The molecule has 0 fully saturated rings. The molecule has 0 aliphatic carbocycles. The molecule has 0 radical (unpaired) electrons. The Labute approximate surface area is 135 Å². The van der Waals surface area contributed by atoms with Crippen LogP contribution in [0.1, 0.15) is 12.5 Å². The van der Waals surface area contributed by atoms with Gasteiger partial charge >= 0.3 is 0 Å². The van der Waals surface area contributed by atoms with Crippen molar-refractivity contribution >= 4 is 17.0 Å². The Balaban J connectivity index is 1.86. The summed E-state index contributed by atoms with van der Waals surface area (Å²) in [5, 5.41) is 3.41. The lowest BCUT2D eigenvalue weighted by Gasteiger charge is -2.12. The molecule has 1 heterocycles. The van der Waals surface area contributed by atoms with Crippen molar-refractivity contribution < 1.29 is 9.47 Å². The summed E-state index contributed by atoms with van der Waals surface area (Å²) in [7, 11) is 3.32. The number of aryl methyl sites for hydroxylation is 1. The molecule has 0 bridgehead atoms. The maximum Gasteiger partial charge on any atom is 0.204 e. The number of para-hydroxylation sites is 2. The fraction of sp³-hybridized carbons (Fsp3) is 0.278. The number of nitrogens with zero attached hydrogens (tertiary/aromatic N) is 2. The fourth-order valence-corrected chi connectivity index (χ4v) is 2.70. The third kappa shape index (κ3) is 2.95. The highest BCUT2D eigenvalue weighted by Gasteiger charge is 2.10. The highest BCUT2D eigenvalue weighted by Crippen LogP contribution is 2.26. The van der Waals surface area contributed by atoms with Gasteiger partial charge in [0.2, 0.25) is 5.95 Å². The van der Waals surface area contributed by atoms with E-state index in [-0.39, 0.29) is 0 Å². The topological polar surface area (TPSA) is 48.3 Å². The van der Waals surface area contributed by atoms with E-state index < -0.39 is 0 Å². The molecule has 0 saturated heterocycles. The molecule has 0 aliphatic heterocycles. The summed E-state index contributed by atoms with van der Waals surface area (Å²) in [6.07, 6.45) is 0. The van der Waals surface area contributed by atoms with Crippen LogP contribution in [0.5, 0.6) is 11.5 Å². The van der Waals surface area contributed by atoms with Gasteiger partial charge in [-0.2, -0.15) is 0 Å². The summed E-state index contributed by atoms with van der Waals surface area (Å²) >= 11 is 0. The van der Waals surface area contributed by atoms with Gasteiger partial charge in [0.25, 0.3) is 0 Å². The van der Waals surface area contributed by atoms with Crippen molar-refractivity contribution in [3.63, 3.8) is 0 Å². The van der Waals surface area contributed by atoms with E-state index >= 15 is 0 Å². The third-order valence-electron chi connectivity index (χ3n) is 3.90. The molecule has 120 valence electrons. The number of imidazole rings is 1. The first-order valence-electron chi connectivity index (χ1n) is 7.66. The van der Waals surface area contributed by atoms with Crippen molar-refractivity contribution in [3.05, 3.63) is 48.0 Å². The Morgan fingerprint density at radius 1 is 1.09 bits per heavy atom. The monoisotopic (exact) mass is 311 g/mol. The predicted octanol–water partition coefficient (Wildman–Crippen LogP) is 3.69. The van der Waals surface area contributed by atoms with E-state index in [1.807, 2.05) is 36.4 Å². The average molecular weight is 311 g/mol. The molecule has 0 spiro atoms. The maximum atomic E-state index is 5.44. The zero-order valence-corrected chi connectivity index (χ0v) is 13.7. The molecule has 1 aromatic heterocycles. The highest BCUT2D eigenvalue weighted by atomic mass is 16.5. The van der Waals surface area contributed by atoms with E-state index in [9.17, 15) is 0 Å². The Hall–Kier alpha value is -2.69. The summed E-state index contributed by atoms with van der Waals surface area (Å²) in [6.45, 7) is 3.62. The molecular weight excluding hydrogens is 290 g/mol. The van der Waals surface area contributed by atoms with Crippen LogP contribution < -0.4 is 14.8 Å². The number of hydrogen-bond donors (Lipinski definition) is 1. The minimum Gasteiger partial charge on any atom is -0.497 e. The number of methoxy groups -OCH3 is 2. The van der Waals surface area contributed by atoms with Crippen LogP contribution in [-0.4, -0.2) is 23.8 Å². The van der Waals surface area contributed by atoms with Crippen LogP contribution in [0.3, 0.4) is 0 Å². The Morgan fingerprint density at radius 3 is 2.65 bits per heavy atom. The van der Waals surface area contributed by atoms with Gasteiger partial charge in [-0.05, 0) is 31.2 Å². The number of nitrogens with one attached hydrogen (secondary N) is 1. The smallest absolute Gasteiger partial charge is 0.204 e. The number of fused-ring (bicyclic) bond motifs is 1. The van der Waals surface area contributed by atoms with E-state index in [2.05, 4.69) is 27.9 Å². The van der Waals surface area contributed by atoms with Crippen molar-refractivity contribution in [1.29, 1.82) is 0 Å². The summed E-state index contributed by atoms with van der Waals surface area (Å²) in [4.78, 5) is 4.67. The van der Waals surface area contributed by atoms with Gasteiger partial charge in [-0.3, -0.25) is 0 Å². The van der Waals surface area contributed by atoms with Gasteiger partial charge in [-0.1, -0.05) is 12.1 Å². The number of anilines is 1. The number of benzene rings is 2. The van der Waals surface area contributed by atoms with Gasteiger partial charge in [-0.15, -0.1) is 0 Å². The minimum atomic E-state index is 0.635. The second-order valence-electron chi connectivity index (χ2n) is 5.20. The van der Waals surface area contributed by atoms with E-state index in [1.165, 1.54) is 0 Å². The SMILES string of the molecule is CCn1c(NCc2ccc(OC)cc2OC)nc2ccccc21. The number of hydrogen-bond acceptors (Lipinski definition) is 4. The number of aromatic nitrogens is 2. The quantitative estimate of drug-likeness (QED) is 0.754. The van der Waals surface area contributed by atoms with Crippen LogP contribution in [-0.2, 0) is 13.1 Å². The molecule has 3 aromatic rings. The van der Waals surface area contributed by atoms with Gasteiger partial charge in [0.1, 0.15) is 11.5 Å². The van der Waals surface area contributed by atoms with Gasteiger partial charge in [0, 0.05) is 24.7 Å². The molecular formula is C18H21N3O2. The minimum absolute atomic E-state index is 0.635. The molecule has 3 rings (SSSR count). The zero-order valence-electron chi connectivity index (χ0n) is 13.7. The molecule has 23 heavy (non-hydrogen) atoms. The van der Waals surface area contributed by atoms with E-state index in [4.69, 9.17) is 9.47 Å². The predicted molar refractivity (Wildman–Crippen MR) is 92.3 cm³/mol. The van der Waals surface area contributed by atoms with E-state index in [0.29, 0.717) is 6.54 Å². The molecule has 1 N–H and O–H groups in total. The lowest BCUT2D eigenvalue weighted by molar-refractivity contribution is 0.391. The van der Waals surface area contributed by atoms with Crippen LogP contribution in [0, 0.1) is 0 Å². The fourth-order valence-electron chi connectivity index (χ4n) is 2.70. The Kier molecular flexibility index (Phi) is 4.37. The first kappa shape index (κ1) is 15.2. The molecule has 0 aliphatic rings. The van der Waals surface area contributed by atoms with Crippen molar-refractivity contribution in [3.8, 4) is 11.5 Å². The van der Waals surface area contributed by atoms with Crippen molar-refractivity contribution in [1.82, 2.24) is 9.55 Å². The molecule has 0 unspecified atom stereocenters. The molecule has 0 saturated carbocycles. The molecule has 5 nitrogen and oxygen atoms in total. The largest absolute Gasteiger partial charge is 0.497 e. The average Bonchev–Trinajstić information content (AvgIpc) is 2.97. The van der Waals surface area contributed by atoms with Gasteiger partial charge < -0.3 is 19.4 Å². The summed E-state index contributed by atoms with van der Waals surface area (Å²) in [5.41, 5.74) is 3.20. The highest BCUT2D eigenvalue weighted by molar-refractivity contribution is 5.78. The van der Waals surface area contributed by atoms with Crippen LogP contribution in [0.2, 0.25) is 0 Å². The molecule has 0 amide bonds. The normalized spacial score (nSPS) is 10.7. The second kappa shape index (κ2) is 6.60. The first-order valence-corrected chi connectivity index (χ1v) is 7.66. The molecule has 0 atom stereocenters. The van der Waals surface area contributed by atoms with Gasteiger partial charge in [-0.25, -0.2) is 4.98 Å². The van der Waals surface area contributed by atoms with E-state index in [1.54, 1.807) is 14.2 Å². The second-order valence-corrected chi connectivity index (χ2v) is 5.20. The summed E-state index contributed by atoms with van der Waals surface area (Å²) in [5.74, 6) is 2.45. The molecule has 2 aromatic carbocycles. The summed E-state index contributed by atoms with van der Waals surface area (Å²) in [6, 6.07) is 14.0. The lowest BCUT2D eigenvalue weighted by atomic mass is 10.2. The third-order valence-corrected chi connectivity index (χ3v) is 3.90. The van der Waals surface area contributed by atoms with Crippen molar-refractivity contribution in [2.24, 2.45) is 0 Å². The van der Waals surface area contributed by atoms with Crippen LogP contribution >= 0.6 is 0 Å². The number of ether oxygens (including phenoxy) is 2. The first-order chi connectivity index (χ1) is 11.3. The van der Waals surface area contributed by atoms with Crippen LogP contribution in [0.25, 0.3) is 11.0 Å². The van der Waals surface area contributed by atoms with Crippen molar-refractivity contribution in [2.45, 2.75) is 20.0 Å². The van der Waals surface area contributed by atoms with Crippen molar-refractivity contribution in [2.75, 3.05) is 19.5 Å². The standard InChI is InChI=1S/C18H21N3O2/c1-4-21-16-8-6-5-7-15(16)20-18(21)19-12-13-9-10-14(22-2)11-17(13)23-3/h5-11H,4,12H2,1-3H3,(H,19,20). The Morgan fingerprint density at radius 2 is 1.91 bits per heavy atom. The van der Waals surface area contributed by atoms with Gasteiger partial charge in [0.15, 0.2) is 0 Å². The Bertz CT molecular complexity index is 811. The van der Waals surface area contributed by atoms with E-state index in [0.717, 1.165) is 40.6 Å². The van der Waals surface area contributed by atoms with Crippen LogP contribution in [0.4, 0.5) is 5.95 Å². The van der Waals surface area contributed by atoms with Crippen LogP contribution in [0.15, 0.2) is 42.5 Å². The lowest BCUT2D eigenvalue weighted by Crippen LogP contribution is -2.07. The maximum absolute atomic E-state index is 5.44.